The van der Waals surface area contributed by atoms with Crippen LogP contribution in [0.15, 0.2) is 64.5 Å². The van der Waals surface area contributed by atoms with Crippen LogP contribution in [0.25, 0.3) is 10.2 Å². The average Bonchev–Trinajstić information content (AvgIpc) is 3.28. The first-order valence-corrected chi connectivity index (χ1v) is 14.1. The minimum absolute atomic E-state index is 0.0319. The van der Waals surface area contributed by atoms with Gasteiger partial charge in [-0.15, -0.1) is 11.3 Å². The van der Waals surface area contributed by atoms with Gasteiger partial charge in [-0.05, 0) is 35.6 Å². The fraction of sp³-hybridized carbons (Fsp3) is 0.286. The maximum absolute atomic E-state index is 13.9. The highest BCUT2D eigenvalue weighted by Gasteiger charge is 2.26. The molecule has 0 fully saturated rings. The van der Waals surface area contributed by atoms with Crippen molar-refractivity contribution in [1.29, 1.82) is 0 Å². The van der Waals surface area contributed by atoms with Gasteiger partial charge in [-0.3, -0.25) is 19.0 Å². The molecule has 0 radical (unpaired) electrons. The van der Waals surface area contributed by atoms with Crippen molar-refractivity contribution in [3.8, 4) is 0 Å². The van der Waals surface area contributed by atoms with E-state index in [1.54, 1.807) is 16.4 Å². The number of nitrogens with one attached hydrogen (secondary N) is 1. The zero-order valence-corrected chi connectivity index (χ0v) is 22.5. The third-order valence-corrected chi connectivity index (χ3v) is 8.65. The van der Waals surface area contributed by atoms with Crippen molar-refractivity contribution >= 4 is 50.8 Å². The zero-order chi connectivity index (χ0) is 25.9. The Balaban J connectivity index is 1.48. The molecule has 0 aliphatic carbocycles. The first-order chi connectivity index (χ1) is 17.9. The summed E-state index contributed by atoms with van der Waals surface area (Å²) in [6.45, 7) is 5.10. The molecule has 0 bridgehead atoms. The second-order valence-corrected chi connectivity index (χ2v) is 11.0. The molecular weight excluding hydrogens is 504 g/mol. The number of hydrogen-bond acceptors (Lipinski definition) is 6. The van der Waals surface area contributed by atoms with E-state index in [0.29, 0.717) is 41.4 Å². The number of aryl methyl sites for hydroxylation is 1. The van der Waals surface area contributed by atoms with Crippen LogP contribution in [-0.4, -0.2) is 38.6 Å². The van der Waals surface area contributed by atoms with Crippen molar-refractivity contribution in [3.63, 3.8) is 0 Å². The Morgan fingerprint density at radius 3 is 2.62 bits per heavy atom. The molecule has 2 amide bonds. The molecule has 1 aliphatic rings. The number of carbonyl (C=O) groups is 2. The summed E-state index contributed by atoms with van der Waals surface area (Å²) in [4.78, 5) is 47.0. The van der Waals surface area contributed by atoms with Crippen molar-refractivity contribution in [2.45, 2.75) is 44.9 Å². The van der Waals surface area contributed by atoms with Crippen LogP contribution in [0.3, 0.4) is 0 Å². The molecule has 0 spiro atoms. The maximum Gasteiger partial charge on any atom is 0.263 e. The number of hydrogen-bond donors (Lipinski definition) is 1. The Morgan fingerprint density at radius 1 is 1.11 bits per heavy atom. The van der Waals surface area contributed by atoms with Crippen molar-refractivity contribution in [1.82, 2.24) is 14.5 Å². The summed E-state index contributed by atoms with van der Waals surface area (Å²) in [6, 6.07) is 17.6. The summed E-state index contributed by atoms with van der Waals surface area (Å²) < 4.78 is 1.68. The first-order valence-electron chi connectivity index (χ1n) is 12.3. The summed E-state index contributed by atoms with van der Waals surface area (Å²) in [6.07, 6.45) is 1.46. The summed E-state index contributed by atoms with van der Waals surface area (Å²) >= 11 is 2.74. The molecule has 37 heavy (non-hydrogen) atoms. The molecule has 5 rings (SSSR count). The van der Waals surface area contributed by atoms with Gasteiger partial charge in [0, 0.05) is 24.0 Å². The van der Waals surface area contributed by atoms with Crippen LogP contribution in [0.4, 0.5) is 5.69 Å². The van der Waals surface area contributed by atoms with E-state index in [1.165, 1.54) is 23.1 Å². The number of fused-ring (bicyclic) bond motifs is 3. The number of nitrogens with zero attached hydrogens (tertiary/aromatic N) is 3. The van der Waals surface area contributed by atoms with Gasteiger partial charge in [0.15, 0.2) is 5.16 Å². The topological polar surface area (TPSA) is 84.3 Å². The molecule has 0 unspecified atom stereocenters. The Kier molecular flexibility index (Phi) is 7.43. The van der Waals surface area contributed by atoms with Gasteiger partial charge in [-0.25, -0.2) is 4.98 Å². The van der Waals surface area contributed by atoms with Gasteiger partial charge in [0.25, 0.3) is 5.56 Å². The fourth-order valence-electron chi connectivity index (χ4n) is 4.61. The Labute approximate surface area is 223 Å². The molecule has 2 aromatic heterocycles. The van der Waals surface area contributed by atoms with E-state index in [0.717, 1.165) is 33.7 Å². The van der Waals surface area contributed by atoms with Crippen LogP contribution < -0.4 is 10.9 Å². The lowest BCUT2D eigenvalue weighted by atomic mass is 10.1. The third-order valence-electron chi connectivity index (χ3n) is 6.56. The summed E-state index contributed by atoms with van der Waals surface area (Å²) in [5, 5.41) is 4.16. The average molecular weight is 533 g/mol. The largest absolute Gasteiger partial charge is 0.337 e. The molecule has 7 nitrogen and oxygen atoms in total. The second-order valence-electron chi connectivity index (χ2n) is 8.99. The van der Waals surface area contributed by atoms with Gasteiger partial charge in [0.2, 0.25) is 11.8 Å². The number of aromatic nitrogens is 2. The molecule has 9 heteroatoms. The van der Waals surface area contributed by atoms with Gasteiger partial charge in [0.05, 0.1) is 24.2 Å². The molecule has 1 aliphatic heterocycles. The van der Waals surface area contributed by atoms with Gasteiger partial charge < -0.3 is 10.2 Å². The van der Waals surface area contributed by atoms with E-state index in [2.05, 4.69) is 12.2 Å². The quantitative estimate of drug-likeness (QED) is 0.275. The molecule has 0 atom stereocenters. The predicted molar refractivity (Wildman–Crippen MR) is 149 cm³/mol. The highest BCUT2D eigenvalue weighted by atomic mass is 32.2. The molecular formula is C28H28N4O3S2. The number of para-hydroxylation sites is 1. The van der Waals surface area contributed by atoms with Gasteiger partial charge in [0.1, 0.15) is 4.83 Å². The van der Waals surface area contributed by atoms with Crippen LogP contribution in [0.1, 0.15) is 35.4 Å². The number of benzene rings is 2. The summed E-state index contributed by atoms with van der Waals surface area (Å²) in [5.74, 6) is 0.0205. The van der Waals surface area contributed by atoms with Crippen molar-refractivity contribution < 1.29 is 9.59 Å². The Bertz CT molecular complexity index is 1530. The molecule has 0 saturated carbocycles. The van der Waals surface area contributed by atoms with Crippen molar-refractivity contribution in [2.75, 3.05) is 17.6 Å². The monoisotopic (exact) mass is 532 g/mol. The van der Waals surface area contributed by atoms with Gasteiger partial charge in [-0.1, -0.05) is 67.2 Å². The van der Waals surface area contributed by atoms with Crippen molar-refractivity contribution in [2.24, 2.45) is 0 Å². The predicted octanol–water partition coefficient (Wildman–Crippen LogP) is 4.70. The maximum atomic E-state index is 13.9. The highest BCUT2D eigenvalue weighted by molar-refractivity contribution is 7.99. The molecule has 3 heterocycles. The molecule has 1 N–H and O–H groups in total. The number of anilines is 1. The van der Waals surface area contributed by atoms with E-state index in [-0.39, 0.29) is 23.1 Å². The lowest BCUT2D eigenvalue weighted by molar-refractivity contribution is -0.129. The van der Waals surface area contributed by atoms with Crippen LogP contribution in [-0.2, 0) is 35.5 Å². The minimum atomic E-state index is -0.144. The lowest BCUT2D eigenvalue weighted by Crippen LogP contribution is -2.34. The van der Waals surface area contributed by atoms with Crippen molar-refractivity contribution in [3.05, 3.63) is 86.5 Å². The normalized spacial score (nSPS) is 13.0. The number of carbonyl (C=O) groups excluding carboxylic acids is 2. The minimum Gasteiger partial charge on any atom is -0.337 e. The standard InChI is InChI=1S/C28H28N4O3S2/c1-3-20-11-7-8-12-22(20)29-24(34)17-36-28-30-26-25(21-13-14-31(18(2)33)16-23(21)37-26)27(35)32(28)15-19-9-5-4-6-10-19/h4-12H,3,13-17H2,1-2H3,(H,29,34). The Hall–Kier alpha value is -3.43. The van der Waals surface area contributed by atoms with Crippen LogP contribution in [0.5, 0.6) is 0 Å². The second kappa shape index (κ2) is 10.9. The van der Waals surface area contributed by atoms with Gasteiger partial charge in [-0.2, -0.15) is 0 Å². The SMILES string of the molecule is CCc1ccccc1NC(=O)CSc1nc2sc3c(c2c(=O)n1Cc1ccccc1)CCN(C(C)=O)C3. The van der Waals surface area contributed by atoms with E-state index in [1.807, 2.05) is 54.6 Å². The molecule has 4 aromatic rings. The van der Waals surface area contributed by atoms with Gasteiger partial charge >= 0.3 is 0 Å². The molecule has 2 aromatic carbocycles. The van der Waals surface area contributed by atoms with Crippen LogP contribution >= 0.6 is 23.1 Å². The fourth-order valence-corrected chi connectivity index (χ4v) is 6.68. The third kappa shape index (κ3) is 5.33. The number of thiophene rings is 1. The zero-order valence-electron chi connectivity index (χ0n) is 20.8. The molecule has 190 valence electrons. The number of rotatable bonds is 7. The summed E-state index contributed by atoms with van der Waals surface area (Å²) in [7, 11) is 0. The van der Waals surface area contributed by atoms with Crippen LogP contribution in [0, 0.1) is 0 Å². The Morgan fingerprint density at radius 2 is 1.86 bits per heavy atom. The number of amides is 2. The van der Waals surface area contributed by atoms with E-state index in [9.17, 15) is 14.4 Å². The first kappa shape index (κ1) is 25.2. The molecule has 0 saturated heterocycles. The summed E-state index contributed by atoms with van der Waals surface area (Å²) in [5.41, 5.74) is 3.77. The smallest absolute Gasteiger partial charge is 0.263 e. The van der Waals surface area contributed by atoms with E-state index < -0.39 is 0 Å². The van der Waals surface area contributed by atoms with E-state index in [4.69, 9.17) is 4.98 Å². The number of thioether (sulfide) groups is 1. The van der Waals surface area contributed by atoms with E-state index >= 15 is 0 Å². The highest BCUT2D eigenvalue weighted by Crippen LogP contribution is 2.34. The lowest BCUT2D eigenvalue weighted by Gasteiger charge is -2.25. The van der Waals surface area contributed by atoms with Crippen LogP contribution in [0.2, 0.25) is 0 Å².